The molecule has 2 nitrogen and oxygen atoms in total. The number of hydrogen-bond acceptors (Lipinski definition) is 2. The van der Waals surface area contributed by atoms with Gasteiger partial charge in [0.1, 0.15) is 0 Å². The summed E-state index contributed by atoms with van der Waals surface area (Å²) in [7, 11) is -0.955. The minimum absolute atomic E-state index is 0.0917. The molecular weight excluding hydrogens is 278 g/mol. The summed E-state index contributed by atoms with van der Waals surface area (Å²) in [6.07, 6.45) is 6.79. The van der Waals surface area contributed by atoms with E-state index in [0.29, 0.717) is 11.8 Å². The van der Waals surface area contributed by atoms with Crippen molar-refractivity contribution in [2.75, 3.05) is 0 Å². The Morgan fingerprint density at radius 2 is 1.95 bits per heavy atom. The molecule has 4 atom stereocenters. The van der Waals surface area contributed by atoms with Crippen molar-refractivity contribution in [3.63, 3.8) is 0 Å². The van der Waals surface area contributed by atoms with E-state index in [-0.39, 0.29) is 11.3 Å². The quantitative estimate of drug-likeness (QED) is 0.929. The average molecular weight is 305 g/mol. The van der Waals surface area contributed by atoms with Gasteiger partial charge < -0.3 is 5.73 Å². The third-order valence-electron chi connectivity index (χ3n) is 5.40. The SMILES string of the molecule is CC(C)C1CCC(N)C(S(=O)c2ccc3c(c2)CCC3)C1. The van der Waals surface area contributed by atoms with E-state index < -0.39 is 10.8 Å². The maximum atomic E-state index is 13.0. The molecule has 0 radical (unpaired) electrons. The van der Waals surface area contributed by atoms with E-state index in [1.807, 2.05) is 0 Å². The van der Waals surface area contributed by atoms with Crippen LogP contribution in [-0.4, -0.2) is 15.5 Å². The molecule has 3 rings (SSSR count). The van der Waals surface area contributed by atoms with Gasteiger partial charge in [0.15, 0.2) is 0 Å². The third kappa shape index (κ3) is 3.09. The normalized spacial score (nSPS) is 30.4. The lowest BCUT2D eigenvalue weighted by Gasteiger charge is -2.35. The fourth-order valence-corrected chi connectivity index (χ4v) is 5.57. The van der Waals surface area contributed by atoms with Crippen LogP contribution in [0.25, 0.3) is 0 Å². The van der Waals surface area contributed by atoms with Crippen molar-refractivity contribution in [1.82, 2.24) is 0 Å². The Morgan fingerprint density at radius 3 is 2.71 bits per heavy atom. The van der Waals surface area contributed by atoms with Gasteiger partial charge in [-0.2, -0.15) is 0 Å². The summed E-state index contributed by atoms with van der Waals surface area (Å²) in [5.74, 6) is 1.34. The van der Waals surface area contributed by atoms with Gasteiger partial charge in [-0.3, -0.25) is 4.21 Å². The number of fused-ring (bicyclic) bond motifs is 1. The summed E-state index contributed by atoms with van der Waals surface area (Å²) in [4.78, 5) is 1.00. The van der Waals surface area contributed by atoms with Crippen LogP contribution in [0.5, 0.6) is 0 Å². The molecule has 0 amide bonds. The first-order chi connectivity index (χ1) is 10.1. The Balaban J connectivity index is 1.80. The van der Waals surface area contributed by atoms with Crippen LogP contribution in [0, 0.1) is 11.8 Å². The van der Waals surface area contributed by atoms with Gasteiger partial charge in [-0.15, -0.1) is 0 Å². The predicted octanol–water partition coefficient (Wildman–Crippen LogP) is 3.43. The summed E-state index contributed by atoms with van der Waals surface area (Å²) in [6, 6.07) is 6.54. The van der Waals surface area contributed by atoms with Crippen molar-refractivity contribution in [2.45, 2.75) is 68.6 Å². The van der Waals surface area contributed by atoms with Gasteiger partial charge >= 0.3 is 0 Å². The molecule has 2 aliphatic rings. The molecule has 2 aliphatic carbocycles. The zero-order chi connectivity index (χ0) is 15.0. The first kappa shape index (κ1) is 15.2. The largest absolute Gasteiger partial charge is 0.327 e. The van der Waals surface area contributed by atoms with Crippen LogP contribution in [0.15, 0.2) is 23.1 Å². The topological polar surface area (TPSA) is 43.1 Å². The second-order valence-electron chi connectivity index (χ2n) is 7.10. The molecular formula is C18H27NOS. The molecule has 2 N–H and O–H groups in total. The molecule has 0 heterocycles. The molecule has 1 fully saturated rings. The number of hydrogen-bond donors (Lipinski definition) is 1. The molecule has 1 saturated carbocycles. The molecule has 1 aromatic rings. The van der Waals surface area contributed by atoms with E-state index in [1.54, 1.807) is 0 Å². The van der Waals surface area contributed by atoms with Crippen molar-refractivity contribution in [3.8, 4) is 0 Å². The Hall–Kier alpha value is -0.670. The van der Waals surface area contributed by atoms with Crippen LogP contribution >= 0.6 is 0 Å². The van der Waals surface area contributed by atoms with E-state index in [1.165, 1.54) is 30.4 Å². The Kier molecular flexibility index (Phi) is 4.51. The van der Waals surface area contributed by atoms with Crippen molar-refractivity contribution in [2.24, 2.45) is 17.6 Å². The highest BCUT2D eigenvalue weighted by Crippen LogP contribution is 2.34. The Morgan fingerprint density at radius 1 is 1.19 bits per heavy atom. The highest BCUT2D eigenvalue weighted by Gasteiger charge is 2.34. The molecule has 0 spiro atoms. The van der Waals surface area contributed by atoms with Gasteiger partial charge in [-0.1, -0.05) is 19.9 Å². The Labute approximate surface area is 131 Å². The maximum Gasteiger partial charge on any atom is 0.0576 e. The number of nitrogens with two attached hydrogens (primary N) is 1. The molecule has 1 aromatic carbocycles. The van der Waals surface area contributed by atoms with Crippen LogP contribution < -0.4 is 5.73 Å². The summed E-state index contributed by atoms with van der Waals surface area (Å²) in [5, 5.41) is 0.130. The van der Waals surface area contributed by atoms with Crippen molar-refractivity contribution < 1.29 is 4.21 Å². The van der Waals surface area contributed by atoms with E-state index in [4.69, 9.17) is 5.73 Å². The third-order valence-corrected chi connectivity index (χ3v) is 7.21. The minimum atomic E-state index is -0.955. The van der Waals surface area contributed by atoms with Crippen LogP contribution in [0.3, 0.4) is 0 Å². The van der Waals surface area contributed by atoms with E-state index in [2.05, 4.69) is 32.0 Å². The second kappa shape index (κ2) is 6.21. The fourth-order valence-electron chi connectivity index (χ4n) is 3.88. The maximum absolute atomic E-state index is 13.0. The van der Waals surface area contributed by atoms with Gasteiger partial charge in [0, 0.05) is 10.9 Å². The van der Waals surface area contributed by atoms with Gasteiger partial charge in [-0.05, 0) is 73.6 Å². The summed E-state index contributed by atoms with van der Waals surface area (Å²) in [6.45, 7) is 4.55. The van der Waals surface area contributed by atoms with Gasteiger partial charge in [0.25, 0.3) is 0 Å². The Bertz CT molecular complexity index is 540. The molecule has 4 unspecified atom stereocenters. The van der Waals surface area contributed by atoms with Crippen LogP contribution in [0.4, 0.5) is 0 Å². The fraction of sp³-hybridized carbons (Fsp3) is 0.667. The van der Waals surface area contributed by atoms with Gasteiger partial charge in [0.05, 0.1) is 16.0 Å². The number of rotatable bonds is 3. The molecule has 0 aromatic heterocycles. The summed E-state index contributed by atoms with van der Waals surface area (Å²) >= 11 is 0. The molecule has 0 saturated heterocycles. The average Bonchev–Trinajstić information content (AvgIpc) is 2.94. The van der Waals surface area contributed by atoms with Crippen molar-refractivity contribution >= 4 is 10.8 Å². The smallest absolute Gasteiger partial charge is 0.0576 e. The zero-order valence-electron chi connectivity index (χ0n) is 13.2. The van der Waals surface area contributed by atoms with E-state index in [9.17, 15) is 4.21 Å². The molecule has 21 heavy (non-hydrogen) atoms. The molecule has 0 aliphatic heterocycles. The summed E-state index contributed by atoms with van der Waals surface area (Å²) < 4.78 is 13.0. The summed E-state index contributed by atoms with van der Waals surface area (Å²) in [5.41, 5.74) is 9.16. The van der Waals surface area contributed by atoms with Crippen LogP contribution in [-0.2, 0) is 23.6 Å². The molecule has 0 bridgehead atoms. The first-order valence-electron chi connectivity index (χ1n) is 8.34. The molecule has 3 heteroatoms. The van der Waals surface area contributed by atoms with Crippen LogP contribution in [0.1, 0.15) is 50.7 Å². The van der Waals surface area contributed by atoms with Crippen molar-refractivity contribution in [1.29, 1.82) is 0 Å². The van der Waals surface area contributed by atoms with E-state index in [0.717, 1.165) is 24.2 Å². The van der Waals surface area contributed by atoms with Gasteiger partial charge in [0.2, 0.25) is 0 Å². The highest BCUT2D eigenvalue weighted by molar-refractivity contribution is 7.85. The first-order valence-corrected chi connectivity index (χ1v) is 9.55. The van der Waals surface area contributed by atoms with Crippen LogP contribution in [0.2, 0.25) is 0 Å². The van der Waals surface area contributed by atoms with E-state index >= 15 is 0 Å². The lowest BCUT2D eigenvalue weighted by atomic mass is 9.79. The highest BCUT2D eigenvalue weighted by atomic mass is 32.2. The standard InChI is InChI=1S/C18H27NOS/c1-12(2)14-7-9-17(19)18(11-14)21(20)16-8-6-13-4-3-5-15(13)10-16/h6,8,10,12,14,17-18H,3-5,7,9,11,19H2,1-2H3. The second-order valence-corrected chi connectivity index (χ2v) is 8.77. The zero-order valence-corrected chi connectivity index (χ0v) is 14.0. The number of benzene rings is 1. The number of aryl methyl sites for hydroxylation is 2. The lowest BCUT2D eigenvalue weighted by molar-refractivity contribution is 0.264. The predicted molar refractivity (Wildman–Crippen MR) is 88.8 cm³/mol. The van der Waals surface area contributed by atoms with Crippen molar-refractivity contribution in [3.05, 3.63) is 29.3 Å². The van der Waals surface area contributed by atoms with Gasteiger partial charge in [-0.25, -0.2) is 0 Å². The molecule has 116 valence electrons. The minimum Gasteiger partial charge on any atom is -0.327 e. The lowest BCUT2D eigenvalue weighted by Crippen LogP contribution is -2.43. The monoisotopic (exact) mass is 305 g/mol.